The molecule has 0 saturated heterocycles. The minimum absolute atomic E-state index is 0.114. The largest absolute Gasteiger partial charge is 0.396 e. The number of nitrogens with zero attached hydrogens (tertiary/aromatic N) is 2. The van der Waals surface area contributed by atoms with Gasteiger partial charge >= 0.3 is 0 Å². The third-order valence-corrected chi connectivity index (χ3v) is 2.90. The highest BCUT2D eigenvalue weighted by atomic mass is 35.5. The van der Waals surface area contributed by atoms with Gasteiger partial charge in [-0.15, -0.1) is 0 Å². The fourth-order valence-electron chi connectivity index (χ4n) is 1.41. The summed E-state index contributed by atoms with van der Waals surface area (Å²) in [4.78, 5) is 19.3. The highest BCUT2D eigenvalue weighted by Gasteiger charge is 2.16. The molecule has 0 atom stereocenters. The van der Waals surface area contributed by atoms with Crippen LogP contribution in [0.1, 0.15) is 37.2 Å². The summed E-state index contributed by atoms with van der Waals surface area (Å²) in [6, 6.07) is 0. The van der Waals surface area contributed by atoms with Crippen molar-refractivity contribution >= 4 is 17.5 Å². The molecule has 2 N–H and O–H groups in total. The van der Waals surface area contributed by atoms with E-state index in [1.807, 2.05) is 13.8 Å². The summed E-state index contributed by atoms with van der Waals surface area (Å²) in [6.07, 6.45) is 4.30. The van der Waals surface area contributed by atoms with Crippen LogP contribution in [0.2, 0.25) is 5.02 Å². The maximum Gasteiger partial charge on any atom is 0.271 e. The molecule has 1 heterocycles. The van der Waals surface area contributed by atoms with Crippen molar-refractivity contribution in [2.45, 2.75) is 26.7 Å². The van der Waals surface area contributed by atoms with Gasteiger partial charge in [0.1, 0.15) is 12.0 Å². The fraction of sp³-hybridized carbons (Fsp3) is 0.583. The fourth-order valence-corrected chi connectivity index (χ4v) is 1.60. The lowest BCUT2D eigenvalue weighted by Crippen LogP contribution is -2.27. The number of amides is 1. The highest BCUT2D eigenvalue weighted by Crippen LogP contribution is 2.20. The van der Waals surface area contributed by atoms with E-state index >= 15 is 0 Å². The predicted octanol–water partition coefficient (Wildman–Crippen LogP) is 1.66. The van der Waals surface area contributed by atoms with Crippen molar-refractivity contribution in [2.24, 2.45) is 5.41 Å². The Morgan fingerprint density at radius 2 is 2.28 bits per heavy atom. The van der Waals surface area contributed by atoms with Crippen molar-refractivity contribution in [3.8, 4) is 0 Å². The SMILES string of the molecule is CC(C)(CO)CCCNC(=O)c1ncncc1Cl. The van der Waals surface area contributed by atoms with E-state index in [9.17, 15) is 4.79 Å². The Hall–Kier alpha value is -1.20. The molecule has 0 aliphatic carbocycles. The third kappa shape index (κ3) is 4.58. The summed E-state index contributed by atoms with van der Waals surface area (Å²) in [5, 5.41) is 12.1. The minimum atomic E-state index is -0.302. The van der Waals surface area contributed by atoms with E-state index in [1.165, 1.54) is 12.5 Å². The molecular weight excluding hydrogens is 254 g/mol. The topological polar surface area (TPSA) is 75.1 Å². The minimum Gasteiger partial charge on any atom is -0.396 e. The number of hydrogen-bond donors (Lipinski definition) is 2. The Bertz CT molecular complexity index is 410. The van der Waals surface area contributed by atoms with Gasteiger partial charge in [-0.25, -0.2) is 9.97 Å². The first-order valence-electron chi connectivity index (χ1n) is 5.81. The molecule has 1 aromatic rings. The zero-order valence-corrected chi connectivity index (χ0v) is 11.4. The third-order valence-electron chi connectivity index (χ3n) is 2.63. The molecule has 18 heavy (non-hydrogen) atoms. The molecule has 0 aromatic carbocycles. The van der Waals surface area contributed by atoms with Gasteiger partial charge in [0.25, 0.3) is 5.91 Å². The molecular formula is C12H18ClN3O2. The molecule has 6 heteroatoms. The van der Waals surface area contributed by atoms with Crippen molar-refractivity contribution in [2.75, 3.05) is 13.2 Å². The molecule has 1 aromatic heterocycles. The Balaban J connectivity index is 2.37. The monoisotopic (exact) mass is 271 g/mol. The number of rotatable bonds is 6. The van der Waals surface area contributed by atoms with Crippen LogP contribution in [0.3, 0.4) is 0 Å². The van der Waals surface area contributed by atoms with E-state index in [2.05, 4.69) is 15.3 Å². The van der Waals surface area contributed by atoms with Crippen LogP contribution in [0.15, 0.2) is 12.5 Å². The van der Waals surface area contributed by atoms with Gasteiger partial charge in [0.05, 0.1) is 5.02 Å². The number of carbonyl (C=O) groups is 1. The summed E-state index contributed by atoms with van der Waals surface area (Å²) < 4.78 is 0. The first-order valence-corrected chi connectivity index (χ1v) is 6.18. The molecule has 0 spiro atoms. The lowest BCUT2D eigenvalue weighted by molar-refractivity contribution is 0.0943. The quantitative estimate of drug-likeness (QED) is 0.772. The second-order valence-electron chi connectivity index (χ2n) is 4.90. The van der Waals surface area contributed by atoms with Gasteiger partial charge in [0.2, 0.25) is 0 Å². The van der Waals surface area contributed by atoms with E-state index in [0.29, 0.717) is 6.54 Å². The number of aromatic nitrogens is 2. The van der Waals surface area contributed by atoms with E-state index < -0.39 is 0 Å². The number of nitrogens with one attached hydrogen (secondary N) is 1. The van der Waals surface area contributed by atoms with Crippen molar-refractivity contribution in [1.82, 2.24) is 15.3 Å². The molecule has 1 rings (SSSR count). The normalized spacial score (nSPS) is 11.3. The van der Waals surface area contributed by atoms with Gasteiger partial charge < -0.3 is 10.4 Å². The van der Waals surface area contributed by atoms with E-state index in [4.69, 9.17) is 16.7 Å². The molecule has 100 valence electrons. The standard InChI is InChI=1S/C12H18ClN3O2/c1-12(2,7-17)4-3-5-15-11(18)10-9(13)6-14-8-16-10/h6,8,17H,3-5,7H2,1-2H3,(H,15,18). The van der Waals surface area contributed by atoms with E-state index in [0.717, 1.165) is 12.8 Å². The summed E-state index contributed by atoms with van der Waals surface area (Å²) in [6.45, 7) is 4.63. The summed E-state index contributed by atoms with van der Waals surface area (Å²) >= 11 is 5.81. The lowest BCUT2D eigenvalue weighted by atomic mass is 9.89. The van der Waals surface area contributed by atoms with Gasteiger partial charge in [-0.2, -0.15) is 0 Å². The van der Waals surface area contributed by atoms with Crippen LogP contribution in [0, 0.1) is 5.41 Å². The second-order valence-corrected chi connectivity index (χ2v) is 5.31. The molecule has 0 bridgehead atoms. The Morgan fingerprint density at radius 1 is 1.56 bits per heavy atom. The zero-order chi connectivity index (χ0) is 13.6. The van der Waals surface area contributed by atoms with Crippen LogP contribution in [-0.4, -0.2) is 34.1 Å². The number of carbonyl (C=O) groups excluding carboxylic acids is 1. The van der Waals surface area contributed by atoms with Crippen molar-refractivity contribution in [3.63, 3.8) is 0 Å². The molecule has 0 aliphatic rings. The summed E-state index contributed by atoms with van der Waals surface area (Å²) in [5.74, 6) is -0.302. The Labute approximate surface area is 112 Å². The van der Waals surface area contributed by atoms with Gasteiger partial charge in [0, 0.05) is 19.3 Å². The molecule has 0 unspecified atom stereocenters. The first-order chi connectivity index (χ1) is 8.46. The van der Waals surface area contributed by atoms with Crippen LogP contribution in [0.4, 0.5) is 0 Å². The van der Waals surface area contributed by atoms with Crippen LogP contribution >= 0.6 is 11.6 Å². The highest BCUT2D eigenvalue weighted by molar-refractivity contribution is 6.33. The molecule has 0 radical (unpaired) electrons. The van der Waals surface area contributed by atoms with Gasteiger partial charge in [-0.3, -0.25) is 4.79 Å². The smallest absolute Gasteiger partial charge is 0.271 e. The summed E-state index contributed by atoms with van der Waals surface area (Å²) in [5.41, 5.74) is 0.0742. The van der Waals surface area contributed by atoms with Crippen molar-refractivity contribution in [3.05, 3.63) is 23.2 Å². The Morgan fingerprint density at radius 3 is 2.89 bits per heavy atom. The Kier molecular flexibility index (Phi) is 5.50. The number of hydrogen-bond acceptors (Lipinski definition) is 4. The van der Waals surface area contributed by atoms with Crippen LogP contribution < -0.4 is 5.32 Å². The van der Waals surface area contributed by atoms with Crippen LogP contribution in [0.5, 0.6) is 0 Å². The second kappa shape index (κ2) is 6.66. The number of aliphatic hydroxyl groups excluding tert-OH is 1. The zero-order valence-electron chi connectivity index (χ0n) is 10.6. The van der Waals surface area contributed by atoms with Gasteiger partial charge in [-0.1, -0.05) is 25.4 Å². The van der Waals surface area contributed by atoms with Gasteiger partial charge in [0.15, 0.2) is 0 Å². The molecule has 0 aliphatic heterocycles. The molecule has 0 fully saturated rings. The number of aliphatic hydroxyl groups is 1. The lowest BCUT2D eigenvalue weighted by Gasteiger charge is -2.21. The molecule has 1 amide bonds. The van der Waals surface area contributed by atoms with Crippen molar-refractivity contribution in [1.29, 1.82) is 0 Å². The number of halogens is 1. The molecule has 5 nitrogen and oxygen atoms in total. The average molecular weight is 272 g/mol. The maximum atomic E-state index is 11.7. The van der Waals surface area contributed by atoms with Crippen molar-refractivity contribution < 1.29 is 9.90 Å². The van der Waals surface area contributed by atoms with Crippen LogP contribution in [0.25, 0.3) is 0 Å². The maximum absolute atomic E-state index is 11.7. The van der Waals surface area contributed by atoms with E-state index in [-0.39, 0.29) is 28.6 Å². The first kappa shape index (κ1) is 14.9. The average Bonchev–Trinajstić information content (AvgIpc) is 2.35. The van der Waals surface area contributed by atoms with Crippen LogP contribution in [-0.2, 0) is 0 Å². The van der Waals surface area contributed by atoms with Gasteiger partial charge in [-0.05, 0) is 18.3 Å². The molecule has 0 saturated carbocycles. The summed E-state index contributed by atoms with van der Waals surface area (Å²) in [7, 11) is 0. The predicted molar refractivity (Wildman–Crippen MR) is 69.5 cm³/mol. The van der Waals surface area contributed by atoms with E-state index in [1.54, 1.807) is 0 Å².